The van der Waals surface area contributed by atoms with Crippen LogP contribution in [0, 0.1) is 0 Å². The van der Waals surface area contributed by atoms with Crippen molar-refractivity contribution in [3.8, 4) is 22.8 Å². The van der Waals surface area contributed by atoms with E-state index in [1.54, 1.807) is 0 Å². The second-order valence-electron chi connectivity index (χ2n) is 14.7. The molecule has 4 heterocycles. The Balaban J connectivity index is 0.000000183. The number of hydrogen-bond donors (Lipinski definition) is 2. The van der Waals surface area contributed by atoms with E-state index in [9.17, 15) is 4.79 Å². The lowest BCUT2D eigenvalue weighted by atomic mass is 9.96. The Hall–Kier alpha value is -4.26. The van der Waals surface area contributed by atoms with E-state index < -0.39 is 5.60 Å². The summed E-state index contributed by atoms with van der Waals surface area (Å²) in [6.07, 6.45) is 8.58. The summed E-state index contributed by atoms with van der Waals surface area (Å²) in [5.74, 6) is 2.06. The molecule has 2 saturated heterocycles. The van der Waals surface area contributed by atoms with Gasteiger partial charge in [0.1, 0.15) is 34.9 Å². The molecule has 1 aliphatic carbocycles. The first-order valence-corrected chi connectivity index (χ1v) is 18.7. The normalized spacial score (nSPS) is 17.9. The first-order chi connectivity index (χ1) is 24.7. The smallest absolute Gasteiger partial charge is 0.410 e. The number of nitrogens with two attached hydrogens (primary N) is 1. The van der Waals surface area contributed by atoms with Gasteiger partial charge in [-0.15, -0.1) is 0 Å². The van der Waals surface area contributed by atoms with Crippen LogP contribution in [0.2, 0.25) is 0 Å². The van der Waals surface area contributed by atoms with Gasteiger partial charge in [0.15, 0.2) is 5.65 Å². The van der Waals surface area contributed by atoms with Gasteiger partial charge in [-0.05, 0) is 89.5 Å². The maximum atomic E-state index is 12.0. The number of carbonyl (C=O) groups is 1. The van der Waals surface area contributed by atoms with E-state index >= 15 is 0 Å². The minimum atomic E-state index is -0.405. The molecule has 0 atom stereocenters. The quantitative estimate of drug-likeness (QED) is 0.220. The van der Waals surface area contributed by atoms with Crippen LogP contribution in [-0.2, 0) is 4.74 Å². The van der Waals surface area contributed by atoms with Crippen LogP contribution in [0.4, 0.5) is 10.6 Å². The summed E-state index contributed by atoms with van der Waals surface area (Å²) in [7, 11) is 0. The molecule has 51 heavy (non-hydrogen) atoms. The highest BCUT2D eigenvalue weighted by Crippen LogP contribution is 2.36. The second-order valence-corrected chi connectivity index (χ2v) is 14.7. The molecule has 12 heteroatoms. The highest BCUT2D eigenvalue weighted by molar-refractivity contribution is 5.98. The van der Waals surface area contributed by atoms with E-state index in [4.69, 9.17) is 20.3 Å². The molecule has 2 aromatic carbocycles. The van der Waals surface area contributed by atoms with Crippen molar-refractivity contribution in [2.45, 2.75) is 70.9 Å². The number of nitrogens with one attached hydrogen (secondary N) is 1. The molecule has 0 spiro atoms. The molecule has 2 aliphatic heterocycles. The molecule has 0 radical (unpaired) electrons. The van der Waals surface area contributed by atoms with Crippen molar-refractivity contribution < 1.29 is 14.3 Å². The number of hydrogen-bond acceptors (Lipinski definition) is 10. The minimum Gasteiger partial charge on any atom is -0.457 e. The molecule has 1 amide bonds. The van der Waals surface area contributed by atoms with Crippen molar-refractivity contribution in [2.24, 2.45) is 0 Å². The van der Waals surface area contributed by atoms with Gasteiger partial charge < -0.3 is 30.3 Å². The topological polar surface area (TPSA) is 127 Å². The number of fused-ring (bicyclic) bond motifs is 1. The zero-order valence-corrected chi connectivity index (χ0v) is 30.6. The Kier molecular flexibility index (Phi) is 12.4. The fraction of sp³-hybridized carbons (Fsp3) is 0.538. The van der Waals surface area contributed by atoms with Crippen LogP contribution < -0.4 is 15.8 Å². The summed E-state index contributed by atoms with van der Waals surface area (Å²) in [4.78, 5) is 27.6. The number of rotatable bonds is 8. The molecule has 1 saturated carbocycles. The van der Waals surface area contributed by atoms with Gasteiger partial charge in [-0.25, -0.2) is 19.4 Å². The number of para-hydroxylation sites is 1. The van der Waals surface area contributed by atoms with E-state index in [1.165, 1.54) is 51.6 Å². The molecule has 12 nitrogen and oxygen atoms in total. The van der Waals surface area contributed by atoms with Crippen LogP contribution in [0.1, 0.15) is 65.3 Å². The molecule has 0 bridgehead atoms. The Bertz CT molecular complexity index is 1670. The van der Waals surface area contributed by atoms with Crippen LogP contribution >= 0.6 is 0 Å². The second kappa shape index (κ2) is 17.3. The molecule has 0 unspecified atom stereocenters. The van der Waals surface area contributed by atoms with Crippen molar-refractivity contribution >= 4 is 22.9 Å². The van der Waals surface area contributed by atoms with Gasteiger partial charge in [0.05, 0.1) is 11.4 Å². The van der Waals surface area contributed by atoms with Gasteiger partial charge >= 0.3 is 6.09 Å². The monoisotopic (exact) mass is 697 g/mol. The van der Waals surface area contributed by atoms with Crippen LogP contribution in [0.3, 0.4) is 0 Å². The standard InChI is InChI=1S/C23H23N5O.C16H32N4O2/c24-22-20-21(16-11-13-19(14-12-16)29-18-9-5-2-6-10-18)27-28(23(20)26-15-25-22)17-7-3-1-4-8-17;1-16(2,3)22-15(21)20-13-11-19(12-14-20)8-4-7-18-9-5-17-6-10-18/h2,5-6,9-15,17H,1,3-4,7-8H2,(H2,24,25,26);17H,4-14H2,1-3H3. The lowest BCUT2D eigenvalue weighted by molar-refractivity contribution is 0.0142. The molecular weight excluding hydrogens is 642 g/mol. The number of aromatic nitrogens is 4. The highest BCUT2D eigenvalue weighted by Gasteiger charge is 2.26. The number of anilines is 1. The Morgan fingerprint density at radius 1 is 0.843 bits per heavy atom. The number of carbonyl (C=O) groups excluding carboxylic acids is 1. The van der Waals surface area contributed by atoms with Gasteiger partial charge in [0, 0.05) is 57.9 Å². The number of nitrogens with zero attached hydrogens (tertiary/aromatic N) is 7. The maximum Gasteiger partial charge on any atom is 0.410 e. The average Bonchev–Trinajstić information content (AvgIpc) is 3.54. The molecular formula is C39H55N9O3. The van der Waals surface area contributed by atoms with E-state index in [0.29, 0.717) is 11.9 Å². The molecule has 274 valence electrons. The van der Waals surface area contributed by atoms with Crippen molar-refractivity contribution in [1.29, 1.82) is 0 Å². The van der Waals surface area contributed by atoms with E-state index in [0.717, 1.165) is 92.4 Å². The summed E-state index contributed by atoms with van der Waals surface area (Å²) < 4.78 is 13.4. The van der Waals surface area contributed by atoms with Crippen LogP contribution in [0.15, 0.2) is 60.9 Å². The predicted octanol–water partition coefficient (Wildman–Crippen LogP) is 6.21. The first kappa shape index (κ1) is 36.5. The molecule has 3 aliphatic rings. The van der Waals surface area contributed by atoms with Crippen LogP contribution in [0.5, 0.6) is 11.5 Å². The highest BCUT2D eigenvalue weighted by atomic mass is 16.6. The summed E-state index contributed by atoms with van der Waals surface area (Å²) in [6, 6.07) is 18.0. The molecule has 3 N–H and O–H groups in total. The fourth-order valence-corrected chi connectivity index (χ4v) is 7.02. The van der Waals surface area contributed by atoms with Crippen LogP contribution in [-0.4, -0.2) is 112 Å². The maximum absolute atomic E-state index is 12.0. The first-order valence-electron chi connectivity index (χ1n) is 18.7. The lowest BCUT2D eigenvalue weighted by Crippen LogP contribution is -2.50. The predicted molar refractivity (Wildman–Crippen MR) is 202 cm³/mol. The Morgan fingerprint density at radius 2 is 1.49 bits per heavy atom. The van der Waals surface area contributed by atoms with Gasteiger partial charge in [0.25, 0.3) is 0 Å². The summed E-state index contributed by atoms with van der Waals surface area (Å²) in [6.45, 7) is 16.1. The number of ether oxygens (including phenoxy) is 2. The van der Waals surface area contributed by atoms with Crippen molar-refractivity contribution in [3.05, 3.63) is 60.9 Å². The van der Waals surface area contributed by atoms with Gasteiger partial charge in [0.2, 0.25) is 0 Å². The van der Waals surface area contributed by atoms with Gasteiger partial charge in [-0.1, -0.05) is 37.5 Å². The van der Waals surface area contributed by atoms with Crippen molar-refractivity contribution in [1.82, 2.24) is 39.8 Å². The largest absolute Gasteiger partial charge is 0.457 e. The molecule has 3 fully saturated rings. The zero-order valence-electron chi connectivity index (χ0n) is 30.6. The number of nitrogen functional groups attached to an aromatic ring is 1. The number of benzene rings is 2. The fourth-order valence-electron chi connectivity index (χ4n) is 7.02. The molecule has 2 aromatic heterocycles. The summed E-state index contributed by atoms with van der Waals surface area (Å²) >= 11 is 0. The third kappa shape index (κ3) is 10.2. The summed E-state index contributed by atoms with van der Waals surface area (Å²) in [5.41, 5.74) is 8.46. The molecule has 4 aromatic rings. The van der Waals surface area contributed by atoms with E-state index in [1.807, 2.05) is 80.3 Å². The third-order valence-corrected chi connectivity index (χ3v) is 9.73. The van der Waals surface area contributed by atoms with Crippen molar-refractivity contribution in [2.75, 3.05) is 71.2 Å². The minimum absolute atomic E-state index is 0.173. The summed E-state index contributed by atoms with van der Waals surface area (Å²) in [5, 5.41) is 9.16. The number of amides is 1. The van der Waals surface area contributed by atoms with E-state index in [2.05, 4.69) is 29.8 Å². The average molecular weight is 698 g/mol. The zero-order chi connectivity index (χ0) is 35.6. The third-order valence-electron chi connectivity index (χ3n) is 9.73. The Labute approximate surface area is 302 Å². The van der Waals surface area contributed by atoms with Crippen LogP contribution in [0.25, 0.3) is 22.3 Å². The Morgan fingerprint density at radius 3 is 2.16 bits per heavy atom. The lowest BCUT2D eigenvalue weighted by Gasteiger charge is -2.36. The van der Waals surface area contributed by atoms with E-state index in [-0.39, 0.29) is 6.09 Å². The van der Waals surface area contributed by atoms with Gasteiger partial charge in [-0.3, -0.25) is 4.90 Å². The molecule has 7 rings (SSSR count). The SMILES string of the molecule is CC(C)(C)OC(=O)N1CCN(CCCN2CCNCC2)CC1.Nc1ncnc2c1c(-c1ccc(Oc3ccccc3)cc1)nn2C1CCCCC1. The number of piperazine rings is 2. The van der Waals surface area contributed by atoms with Crippen molar-refractivity contribution in [3.63, 3.8) is 0 Å². The van der Waals surface area contributed by atoms with Gasteiger partial charge in [-0.2, -0.15) is 5.10 Å².